The van der Waals surface area contributed by atoms with Crippen molar-refractivity contribution in [3.63, 3.8) is 0 Å². The quantitative estimate of drug-likeness (QED) is 0.142. The zero-order valence-electron chi connectivity index (χ0n) is 42.7. The van der Waals surface area contributed by atoms with Crippen LogP contribution >= 0.6 is 0 Å². The number of alkyl carbamates (subject to hydrolysis) is 1. The molecule has 0 radical (unpaired) electrons. The standard InChI is InChI=1S/C33H41N3O8.C8H17NO2.C7H7NO2.2C2H6/c1-21-9-6-16-32(4,19-22(2)27(37)23(3)28-33(5,20-42-29(21)38)43-30(39)35-28)44-31(40)41-18-8-10-24-12-14-25(15-13-24)26-11-7-17-34-36-26;1-6-4-7(9(2)3)5-8(10)11-6;9-7(10)4-6-2-1-3-8-5-6;2*1-2/h7-8,10-15,17,21-23,28H,6,9,16,18-20H2,1-5H3,(H,35,39);6-8,10H,4-5H2,1-3H3;1-3,5H,4H2,(H,9,10);2*1-2H3/b10-8+;;;;/t21-,22-,23+,28-,32+,33-;6-,7+,8?;;;/m11.../s1. The van der Waals surface area contributed by atoms with Crippen LogP contribution in [0.3, 0.4) is 0 Å². The normalized spacial score (nSPS) is 26.9. The van der Waals surface area contributed by atoms with Crippen LogP contribution < -0.4 is 5.32 Å². The van der Waals surface area contributed by atoms with Crippen LogP contribution in [-0.4, -0.2) is 123 Å². The van der Waals surface area contributed by atoms with Gasteiger partial charge in [0.15, 0.2) is 11.9 Å². The number of amides is 1. The number of esters is 1. The average Bonchev–Trinajstić information content (AvgIpc) is 3.63. The van der Waals surface area contributed by atoms with Crippen molar-refractivity contribution in [1.82, 2.24) is 25.4 Å². The van der Waals surface area contributed by atoms with E-state index in [0.717, 1.165) is 35.2 Å². The number of benzene rings is 1. The van der Waals surface area contributed by atoms with E-state index >= 15 is 0 Å². The number of fused-ring (bicyclic) bond motifs is 1. The molecule has 6 rings (SSSR count). The molecule has 5 heterocycles. The summed E-state index contributed by atoms with van der Waals surface area (Å²) in [5.41, 5.74) is 1.14. The highest BCUT2D eigenvalue weighted by molar-refractivity contribution is 5.85. The molecule has 1 unspecified atom stereocenters. The van der Waals surface area contributed by atoms with Gasteiger partial charge in [0.05, 0.1) is 30.2 Å². The molecule has 17 nitrogen and oxygen atoms in total. The number of hydrogen-bond donors (Lipinski definition) is 3. The minimum atomic E-state index is -1.19. The number of aromatic nitrogens is 3. The average molecular weight is 964 g/mol. The maximum Gasteiger partial charge on any atom is 0.509 e. The Bertz CT molecular complexity index is 2030. The predicted molar refractivity (Wildman–Crippen MR) is 263 cm³/mol. The van der Waals surface area contributed by atoms with Crippen LogP contribution in [0.15, 0.2) is 73.2 Å². The predicted octanol–water partition coefficient (Wildman–Crippen LogP) is 8.73. The molecular weight excluding hydrogens is 887 g/mol. The second-order valence-electron chi connectivity index (χ2n) is 17.7. The van der Waals surface area contributed by atoms with E-state index in [4.69, 9.17) is 28.8 Å². The number of pyridine rings is 1. The molecule has 1 amide bonds. The zero-order valence-corrected chi connectivity index (χ0v) is 42.7. The van der Waals surface area contributed by atoms with Crippen LogP contribution in [0.2, 0.25) is 0 Å². The number of rotatable bonds is 8. The third-order valence-electron chi connectivity index (χ3n) is 11.7. The van der Waals surface area contributed by atoms with Gasteiger partial charge in [0, 0.05) is 48.5 Å². The molecule has 17 heteroatoms. The minimum absolute atomic E-state index is 0.00478. The molecule has 0 spiro atoms. The molecule has 3 aliphatic rings. The summed E-state index contributed by atoms with van der Waals surface area (Å²) in [6, 6.07) is 14.7. The number of ether oxygens (including phenoxy) is 5. The Morgan fingerprint density at radius 1 is 0.942 bits per heavy atom. The van der Waals surface area contributed by atoms with Gasteiger partial charge < -0.3 is 44.1 Å². The Morgan fingerprint density at radius 3 is 2.22 bits per heavy atom. The van der Waals surface area contributed by atoms with Crippen molar-refractivity contribution in [2.24, 2.45) is 17.8 Å². The lowest BCUT2D eigenvalue weighted by Gasteiger charge is -2.35. The van der Waals surface area contributed by atoms with Gasteiger partial charge in [-0.1, -0.05) is 84.9 Å². The first-order chi connectivity index (χ1) is 32.8. The molecule has 3 aliphatic heterocycles. The van der Waals surface area contributed by atoms with E-state index in [1.54, 1.807) is 71.4 Å². The van der Waals surface area contributed by atoms with Gasteiger partial charge in [-0.25, -0.2) is 9.59 Å². The number of Topliss-reactive ketones (excluding diaryl/α,β-unsaturated/α-hetero) is 1. The van der Waals surface area contributed by atoms with Crippen molar-refractivity contribution in [3.05, 3.63) is 84.3 Å². The Kier molecular flexibility index (Phi) is 25.8. The molecule has 0 aliphatic carbocycles. The summed E-state index contributed by atoms with van der Waals surface area (Å²) in [6.45, 7) is 18.5. The van der Waals surface area contributed by atoms with E-state index in [9.17, 15) is 29.1 Å². The lowest BCUT2D eigenvalue weighted by atomic mass is 9.78. The van der Waals surface area contributed by atoms with Crippen LogP contribution in [0.25, 0.3) is 17.3 Å². The fourth-order valence-electron chi connectivity index (χ4n) is 8.11. The molecule has 3 aromatic rings. The maximum atomic E-state index is 13.5. The van der Waals surface area contributed by atoms with E-state index in [2.05, 4.69) is 25.4 Å². The number of aliphatic hydroxyl groups excluding tert-OH is 1. The van der Waals surface area contributed by atoms with E-state index in [-0.39, 0.29) is 37.9 Å². The molecule has 69 heavy (non-hydrogen) atoms. The van der Waals surface area contributed by atoms with Gasteiger partial charge in [-0.2, -0.15) is 10.2 Å². The molecule has 9 atom stereocenters. The van der Waals surface area contributed by atoms with E-state index in [1.165, 1.54) is 0 Å². The fraction of sp³-hybridized carbons (Fsp3) is 0.577. The van der Waals surface area contributed by atoms with Crippen molar-refractivity contribution in [2.45, 2.75) is 150 Å². The first-order valence-electron chi connectivity index (χ1n) is 24.0. The number of aliphatic carboxylic acids is 1. The van der Waals surface area contributed by atoms with Crippen molar-refractivity contribution < 1.29 is 57.9 Å². The Morgan fingerprint density at radius 2 is 1.62 bits per heavy atom. The third-order valence-corrected chi connectivity index (χ3v) is 11.7. The number of carbonyl (C=O) groups is 5. The minimum Gasteiger partial charge on any atom is -0.481 e. The number of cyclic esters (lactones) is 1. The number of hydrogen-bond acceptors (Lipinski definition) is 15. The highest BCUT2D eigenvalue weighted by Gasteiger charge is 2.51. The maximum absolute atomic E-state index is 13.5. The van der Waals surface area contributed by atoms with Crippen LogP contribution in [0.5, 0.6) is 0 Å². The molecule has 3 saturated heterocycles. The number of nitrogens with zero attached hydrogens (tertiary/aromatic N) is 4. The van der Waals surface area contributed by atoms with Crippen LogP contribution in [0, 0.1) is 17.8 Å². The lowest BCUT2D eigenvalue weighted by Crippen LogP contribution is -2.52. The molecule has 1 aromatic carbocycles. The van der Waals surface area contributed by atoms with Crippen LogP contribution in [0.4, 0.5) is 9.59 Å². The van der Waals surface area contributed by atoms with Crippen molar-refractivity contribution >= 4 is 36.0 Å². The summed E-state index contributed by atoms with van der Waals surface area (Å²) in [6.07, 6.45) is 9.95. The number of carboxylic acid groups (broad SMARTS) is 1. The summed E-state index contributed by atoms with van der Waals surface area (Å²) in [5.74, 6) is -2.94. The SMILES string of the molecule is CC.CC.C[C@@H]1CCC[C@](C)(OC(=O)OC/C=C/c2ccc(-c3cccnn3)cc2)C[C@@H](C)C(=O)[C@H](C)[C@H]2NC(=O)O[C@]2(C)COC1=O.C[C@@H]1C[C@H](N(C)C)CC(O)O1.O=C(O)Cc1cccnc1. The topological polar surface area (TPSA) is 226 Å². The van der Waals surface area contributed by atoms with Crippen molar-refractivity contribution in [3.8, 4) is 11.3 Å². The summed E-state index contributed by atoms with van der Waals surface area (Å²) in [4.78, 5) is 67.2. The monoisotopic (exact) mass is 964 g/mol. The number of ketones is 1. The van der Waals surface area contributed by atoms with Gasteiger partial charge in [0.2, 0.25) is 0 Å². The molecule has 0 saturated carbocycles. The fourth-order valence-corrected chi connectivity index (χ4v) is 8.11. The summed E-state index contributed by atoms with van der Waals surface area (Å²) in [7, 11) is 4.07. The van der Waals surface area contributed by atoms with E-state index in [1.807, 2.05) is 91.2 Å². The van der Waals surface area contributed by atoms with Gasteiger partial charge in [-0.05, 0) is 102 Å². The van der Waals surface area contributed by atoms with Gasteiger partial charge in [0.25, 0.3) is 0 Å². The van der Waals surface area contributed by atoms with E-state index in [0.29, 0.717) is 25.3 Å². The Balaban J connectivity index is 0.000000529. The van der Waals surface area contributed by atoms with Crippen molar-refractivity contribution in [1.29, 1.82) is 0 Å². The summed E-state index contributed by atoms with van der Waals surface area (Å²) < 4.78 is 27.4. The Labute approximate surface area is 408 Å². The second-order valence-corrected chi connectivity index (χ2v) is 17.7. The second kappa shape index (κ2) is 30.0. The highest BCUT2D eigenvalue weighted by Crippen LogP contribution is 2.35. The third kappa shape index (κ3) is 20.4. The lowest BCUT2D eigenvalue weighted by molar-refractivity contribution is -0.172. The number of nitrogens with one attached hydrogen (secondary N) is 1. The van der Waals surface area contributed by atoms with Crippen LogP contribution in [-0.2, 0) is 44.5 Å². The van der Waals surface area contributed by atoms with Gasteiger partial charge in [-0.15, -0.1) is 0 Å². The van der Waals surface area contributed by atoms with E-state index < -0.39 is 65.5 Å². The highest BCUT2D eigenvalue weighted by atomic mass is 16.7. The van der Waals surface area contributed by atoms with Crippen LogP contribution in [0.1, 0.15) is 119 Å². The molecule has 3 fully saturated rings. The molecule has 2 aromatic heterocycles. The zero-order chi connectivity index (χ0) is 51.7. The van der Waals surface area contributed by atoms with Gasteiger partial charge >= 0.3 is 24.2 Å². The smallest absolute Gasteiger partial charge is 0.481 e. The molecule has 382 valence electrons. The molecule has 0 bridgehead atoms. The first-order valence-corrected chi connectivity index (χ1v) is 24.0. The summed E-state index contributed by atoms with van der Waals surface area (Å²) >= 11 is 0. The van der Waals surface area contributed by atoms with Gasteiger partial charge in [-0.3, -0.25) is 19.4 Å². The number of carbonyl (C=O) groups excluding carboxylic acids is 4. The number of carboxylic acids is 1. The largest absolute Gasteiger partial charge is 0.509 e. The first kappa shape index (κ1) is 59.3. The summed E-state index contributed by atoms with van der Waals surface area (Å²) in [5, 5.41) is 28.3. The molecule has 3 N–H and O–H groups in total. The van der Waals surface area contributed by atoms with Gasteiger partial charge in [0.1, 0.15) is 24.6 Å². The Hall–Kier alpha value is -5.78. The number of aliphatic hydroxyl groups is 1. The van der Waals surface area contributed by atoms with Crippen molar-refractivity contribution in [2.75, 3.05) is 27.3 Å². The molecular formula is C52H77N5O12.